The largest absolute Gasteiger partial charge is 0.351 e. The molecule has 9 heteroatoms. The van der Waals surface area contributed by atoms with Gasteiger partial charge in [-0.3, -0.25) is 14.9 Å². The van der Waals surface area contributed by atoms with Crippen molar-refractivity contribution in [2.45, 2.75) is 5.75 Å². The molecule has 0 aliphatic rings. The highest BCUT2D eigenvalue weighted by Crippen LogP contribution is 2.25. The third kappa shape index (κ3) is 5.78. The molecule has 0 fully saturated rings. The van der Waals surface area contributed by atoms with Crippen LogP contribution in [0.25, 0.3) is 0 Å². The lowest BCUT2D eigenvalue weighted by atomic mass is 10.2. The number of nitro benzene ring substituents is 1. The molecule has 5 nitrogen and oxygen atoms in total. The summed E-state index contributed by atoms with van der Waals surface area (Å²) in [6.45, 7) is 0.397. The van der Waals surface area contributed by atoms with E-state index in [-0.39, 0.29) is 16.3 Å². The van der Waals surface area contributed by atoms with Gasteiger partial charge in [-0.1, -0.05) is 40.9 Å². The summed E-state index contributed by atoms with van der Waals surface area (Å²) in [5.74, 6) is 0.888. The molecule has 0 aromatic heterocycles. The monoisotopic (exact) mass is 418 g/mol. The van der Waals surface area contributed by atoms with Gasteiger partial charge in [-0.05, 0) is 23.8 Å². The Balaban J connectivity index is 1.83. The van der Waals surface area contributed by atoms with Crippen molar-refractivity contribution in [3.8, 4) is 0 Å². The number of thioether (sulfide) groups is 1. The minimum Gasteiger partial charge on any atom is -0.351 e. The summed E-state index contributed by atoms with van der Waals surface area (Å²) in [4.78, 5) is 22.3. The first-order chi connectivity index (χ1) is 11.9. The number of nitrogens with one attached hydrogen (secondary N) is 1. The smallest absolute Gasteiger partial charge is 0.270 e. The first kappa shape index (κ1) is 19.8. The molecular weight excluding hydrogens is 407 g/mol. The average molecular weight is 420 g/mol. The van der Waals surface area contributed by atoms with Crippen molar-refractivity contribution < 1.29 is 9.72 Å². The zero-order valence-corrected chi connectivity index (χ0v) is 15.9. The Morgan fingerprint density at radius 1 is 1.12 bits per heavy atom. The molecule has 132 valence electrons. The second-order valence-corrected chi connectivity index (χ2v) is 7.32. The molecule has 0 spiro atoms. The van der Waals surface area contributed by atoms with E-state index in [1.54, 1.807) is 23.9 Å². The number of carbonyl (C=O) groups is 1. The fourth-order valence-electron chi connectivity index (χ4n) is 1.95. The molecular formula is C16H13Cl3N2O3S. The summed E-state index contributed by atoms with van der Waals surface area (Å²) in [6.07, 6.45) is 0. The van der Waals surface area contributed by atoms with Crippen LogP contribution in [-0.4, -0.2) is 23.1 Å². The summed E-state index contributed by atoms with van der Waals surface area (Å²) in [7, 11) is 0. The number of hydrogen-bond acceptors (Lipinski definition) is 4. The minimum atomic E-state index is -0.571. The quantitative estimate of drug-likeness (QED) is 0.379. The molecule has 0 unspecified atom stereocenters. The van der Waals surface area contributed by atoms with Gasteiger partial charge in [0.05, 0.1) is 15.5 Å². The summed E-state index contributed by atoms with van der Waals surface area (Å²) in [6, 6.07) is 9.08. The number of hydrogen-bond donors (Lipinski definition) is 1. The van der Waals surface area contributed by atoms with E-state index < -0.39 is 10.8 Å². The van der Waals surface area contributed by atoms with E-state index in [4.69, 9.17) is 34.8 Å². The van der Waals surface area contributed by atoms with Crippen LogP contribution in [0.3, 0.4) is 0 Å². The number of rotatable bonds is 7. The maximum atomic E-state index is 12.1. The first-order valence-corrected chi connectivity index (χ1v) is 9.41. The van der Waals surface area contributed by atoms with Crippen molar-refractivity contribution in [1.82, 2.24) is 5.32 Å². The number of nitro groups is 1. The van der Waals surface area contributed by atoms with Gasteiger partial charge in [0.15, 0.2) is 0 Å². The normalized spacial score (nSPS) is 10.5. The van der Waals surface area contributed by atoms with Gasteiger partial charge in [0, 0.05) is 40.2 Å². The van der Waals surface area contributed by atoms with Crippen molar-refractivity contribution in [1.29, 1.82) is 0 Å². The number of non-ortho nitro benzene ring substituents is 1. The zero-order valence-electron chi connectivity index (χ0n) is 12.8. The number of nitrogens with zero attached hydrogens (tertiary/aromatic N) is 1. The standard InChI is InChI=1S/C16H13Cl3N2O3S/c17-11-2-1-10(15(19)7-11)9-25-6-5-20-16(22)13-8-12(21(23)24)3-4-14(13)18/h1-4,7-8H,5-6,9H2,(H,20,22). The van der Waals surface area contributed by atoms with Gasteiger partial charge >= 0.3 is 0 Å². The Morgan fingerprint density at radius 2 is 1.88 bits per heavy atom. The Morgan fingerprint density at radius 3 is 2.56 bits per heavy atom. The Bertz CT molecular complexity index is 802. The van der Waals surface area contributed by atoms with Crippen LogP contribution in [0.2, 0.25) is 15.1 Å². The maximum absolute atomic E-state index is 12.1. The highest BCUT2D eigenvalue weighted by atomic mass is 35.5. The molecule has 1 amide bonds. The summed E-state index contributed by atoms with van der Waals surface area (Å²) < 4.78 is 0. The molecule has 0 radical (unpaired) electrons. The van der Waals surface area contributed by atoms with Crippen LogP contribution in [0.1, 0.15) is 15.9 Å². The molecule has 2 rings (SSSR count). The van der Waals surface area contributed by atoms with Crippen LogP contribution in [0.15, 0.2) is 36.4 Å². The molecule has 0 saturated carbocycles. The predicted octanol–water partition coefficient (Wildman–Crippen LogP) is 5.22. The van der Waals surface area contributed by atoms with Crippen molar-refractivity contribution in [2.24, 2.45) is 0 Å². The van der Waals surface area contributed by atoms with Gasteiger partial charge < -0.3 is 5.32 Å². The average Bonchev–Trinajstić information content (AvgIpc) is 2.56. The van der Waals surface area contributed by atoms with E-state index in [2.05, 4.69) is 5.32 Å². The van der Waals surface area contributed by atoms with Crippen LogP contribution in [0.5, 0.6) is 0 Å². The van der Waals surface area contributed by atoms with E-state index in [1.807, 2.05) is 6.07 Å². The lowest BCUT2D eigenvalue weighted by molar-refractivity contribution is -0.384. The van der Waals surface area contributed by atoms with Crippen LogP contribution < -0.4 is 5.32 Å². The van der Waals surface area contributed by atoms with Crippen LogP contribution in [0.4, 0.5) is 5.69 Å². The third-order valence-electron chi connectivity index (χ3n) is 3.21. The predicted molar refractivity (Wildman–Crippen MR) is 103 cm³/mol. The topological polar surface area (TPSA) is 72.2 Å². The summed E-state index contributed by atoms with van der Waals surface area (Å²) in [5, 5.41) is 14.8. The maximum Gasteiger partial charge on any atom is 0.270 e. The Labute approximate surface area is 163 Å². The molecule has 0 heterocycles. The first-order valence-electron chi connectivity index (χ1n) is 7.12. The van der Waals surface area contributed by atoms with Crippen molar-refractivity contribution in [3.63, 3.8) is 0 Å². The van der Waals surface area contributed by atoms with E-state index in [0.717, 1.165) is 11.6 Å². The number of halogens is 3. The lowest BCUT2D eigenvalue weighted by Crippen LogP contribution is -2.26. The van der Waals surface area contributed by atoms with E-state index in [1.165, 1.54) is 12.1 Å². The van der Waals surface area contributed by atoms with Gasteiger partial charge in [-0.25, -0.2) is 0 Å². The molecule has 0 bridgehead atoms. The van der Waals surface area contributed by atoms with Gasteiger partial charge in [-0.2, -0.15) is 11.8 Å². The second kappa shape index (κ2) is 9.29. The number of amides is 1. The van der Waals surface area contributed by atoms with Gasteiger partial charge in [0.25, 0.3) is 11.6 Å². The van der Waals surface area contributed by atoms with Crippen LogP contribution in [-0.2, 0) is 5.75 Å². The number of benzene rings is 2. The third-order valence-corrected chi connectivity index (χ3v) is 5.13. The molecule has 2 aromatic carbocycles. The van der Waals surface area contributed by atoms with Gasteiger partial charge in [0.2, 0.25) is 0 Å². The fourth-order valence-corrected chi connectivity index (χ4v) is 3.57. The van der Waals surface area contributed by atoms with Crippen LogP contribution >= 0.6 is 46.6 Å². The fraction of sp³-hybridized carbons (Fsp3) is 0.188. The molecule has 0 aliphatic heterocycles. The highest BCUT2D eigenvalue weighted by molar-refractivity contribution is 7.98. The molecule has 0 saturated heterocycles. The van der Waals surface area contributed by atoms with Gasteiger partial charge in [-0.15, -0.1) is 0 Å². The second-order valence-electron chi connectivity index (χ2n) is 4.97. The SMILES string of the molecule is O=C(NCCSCc1ccc(Cl)cc1Cl)c1cc([N+](=O)[O-])ccc1Cl. The van der Waals surface area contributed by atoms with Gasteiger partial charge in [0.1, 0.15) is 0 Å². The van der Waals surface area contributed by atoms with Crippen molar-refractivity contribution in [3.05, 3.63) is 72.7 Å². The Kier molecular flexibility index (Phi) is 7.38. The van der Waals surface area contributed by atoms with Crippen LogP contribution in [0, 0.1) is 10.1 Å². The lowest BCUT2D eigenvalue weighted by Gasteiger charge is -2.08. The van der Waals surface area contributed by atoms with Crippen molar-refractivity contribution in [2.75, 3.05) is 12.3 Å². The summed E-state index contributed by atoms with van der Waals surface area (Å²) >= 11 is 19.5. The molecule has 1 N–H and O–H groups in total. The minimum absolute atomic E-state index is 0.0848. The Hall–Kier alpha value is -1.47. The summed E-state index contributed by atoms with van der Waals surface area (Å²) in [5.41, 5.74) is 0.868. The molecule has 25 heavy (non-hydrogen) atoms. The molecule has 0 aliphatic carbocycles. The van der Waals surface area contributed by atoms with Crippen molar-refractivity contribution >= 4 is 58.2 Å². The zero-order chi connectivity index (χ0) is 18.4. The van der Waals surface area contributed by atoms with E-state index in [9.17, 15) is 14.9 Å². The highest BCUT2D eigenvalue weighted by Gasteiger charge is 2.15. The van der Waals surface area contributed by atoms with E-state index >= 15 is 0 Å². The van der Waals surface area contributed by atoms with E-state index in [0.29, 0.717) is 28.1 Å². The molecule has 0 atom stereocenters. The number of carbonyl (C=O) groups excluding carboxylic acids is 1. The molecule has 2 aromatic rings.